The summed E-state index contributed by atoms with van der Waals surface area (Å²) in [6.07, 6.45) is -8.70. The van der Waals surface area contributed by atoms with Gasteiger partial charge in [0.2, 0.25) is 17.2 Å². The van der Waals surface area contributed by atoms with E-state index in [-0.39, 0.29) is 52.1 Å². The number of phenolic OH excluding ortho intramolecular Hbond substituents is 3. The number of esters is 1. The largest absolute Gasteiger partial charge is 0.507 e. The highest BCUT2D eigenvalue weighted by Crippen LogP contribution is 2.58. The van der Waals surface area contributed by atoms with Crippen molar-refractivity contribution >= 4 is 29.2 Å². The number of piperidine rings is 1. The van der Waals surface area contributed by atoms with Gasteiger partial charge in [0.25, 0.3) is 11.4 Å². The number of phenols is 3. The molecule has 0 radical (unpaired) electrons. The number of aliphatic hydroxyl groups excluding tert-OH is 6. The summed E-state index contributed by atoms with van der Waals surface area (Å²) in [7, 11) is 0. The number of aromatic amines is 1. The van der Waals surface area contributed by atoms with Crippen molar-refractivity contribution in [3.05, 3.63) is 104 Å². The Balaban J connectivity index is 1.21. The number of allylic oxidation sites excluding steroid dienone is 3. The second-order valence-corrected chi connectivity index (χ2v) is 21.7. The zero-order valence-corrected chi connectivity index (χ0v) is 43.5. The van der Waals surface area contributed by atoms with E-state index in [0.717, 1.165) is 30.2 Å². The van der Waals surface area contributed by atoms with Crippen molar-refractivity contribution in [2.45, 2.75) is 123 Å². The van der Waals surface area contributed by atoms with Crippen molar-refractivity contribution < 1.29 is 104 Å². The molecule has 1 unspecified atom stereocenters. The van der Waals surface area contributed by atoms with Gasteiger partial charge in [0.15, 0.2) is 29.1 Å². The van der Waals surface area contributed by atoms with Crippen LogP contribution in [0, 0.1) is 35.5 Å². The number of carbonyl (C=O) groups is 3. The Morgan fingerprint density at radius 2 is 1.72 bits per heavy atom. The van der Waals surface area contributed by atoms with Gasteiger partial charge < -0.3 is 105 Å². The minimum absolute atomic E-state index is 0.0143. The molecular formula is C57H57N3O22. The molecule has 432 valence electrons. The highest BCUT2D eigenvalue weighted by molar-refractivity contribution is 5.90. The first-order valence-corrected chi connectivity index (χ1v) is 26.2. The highest BCUT2D eigenvalue weighted by atomic mass is 16.8. The Hall–Kier alpha value is -7.60. The Labute approximate surface area is 464 Å². The number of carboxylic acid groups (broad SMARTS) is 1. The standard InChI is InChI=1S/C57H57N3O22/c1-26-5-12-59-49-33(26)17-31(24-60-49)34-19-32-20-35-28(6-13-58-35)4-2-9-52(75)45(68)47(70)56(32,79-40-22-39-42(44(67)41(34)40)36(64)21-38(78-39)30-16-29(8-15-62)43(66)37(65)18-30)82-54(52)11-3-10-53(50(72)73)57(76,77)48(71)46(69)55(81-53,80-51(54)74)23-27(25-63)7-14-61/h6,13-14,16-19,21-22,24,26-27,34,45-49,58-60,62-63,65-71,75-77H,5,7-9,11-12,15,20,23,25H2,1H3,(H,72,73)/t26-,27-,34+,45-,46-,47-,48-,49?,52+,53-,54-,55+,56+/m1/s1. The van der Waals surface area contributed by atoms with Gasteiger partial charge in [0.1, 0.15) is 52.3 Å². The number of rotatable bonds is 10. The summed E-state index contributed by atoms with van der Waals surface area (Å²) in [5, 5.41) is 157. The van der Waals surface area contributed by atoms with Crippen LogP contribution in [0.15, 0.2) is 80.8 Å². The van der Waals surface area contributed by atoms with Gasteiger partial charge in [-0.15, -0.1) is 0 Å². The predicted octanol–water partition coefficient (Wildman–Crippen LogP) is -1.38. The number of nitrogens with one attached hydrogen (secondary N) is 3. The molecule has 9 heterocycles. The molecule has 16 N–H and O–H groups in total. The molecule has 13 atom stereocenters. The molecule has 8 aliphatic rings. The SMILES string of the molecule is C[C@@H]1CCNC2NC=C([C@@H]3C=C4Cc5[nH]ccc5C#CC[C@]5(O)[C@H](O)[C@@H](O)[C@@]4(Oc4cc6oc(-c7cc(O)c(O)c(CCO)c7)cc(=O)c6c(O)c43)O[C@@]53CC#C[C@]4(C(=O)O)O[C@](C[C@H](CO)CC=O)(OC3=O)[C@H](O)[C@@H](O)C4(O)O)C=C21. The van der Waals surface area contributed by atoms with Crippen molar-refractivity contribution in [2.24, 2.45) is 11.8 Å². The maximum absolute atomic E-state index is 16.0. The first-order chi connectivity index (χ1) is 38.9. The van der Waals surface area contributed by atoms with E-state index in [4.69, 9.17) is 23.4 Å². The normalized spacial score (nSPS) is 33.7. The lowest BCUT2D eigenvalue weighted by molar-refractivity contribution is -0.434. The van der Waals surface area contributed by atoms with E-state index in [2.05, 4.69) is 33.4 Å². The fraction of sp³-hybridized carbons (Fsp3) is 0.439. The fourth-order valence-electron chi connectivity index (χ4n) is 12.3. The molecule has 2 aromatic heterocycles. The van der Waals surface area contributed by atoms with Gasteiger partial charge >= 0.3 is 11.9 Å². The molecule has 7 aliphatic heterocycles. The fourth-order valence-corrected chi connectivity index (χ4v) is 12.3. The van der Waals surface area contributed by atoms with E-state index in [1.807, 2.05) is 18.9 Å². The third-order valence-electron chi connectivity index (χ3n) is 16.9. The molecule has 3 saturated heterocycles. The average molecular weight is 1140 g/mol. The van der Waals surface area contributed by atoms with Crippen LogP contribution in [0.25, 0.3) is 22.3 Å². The minimum Gasteiger partial charge on any atom is -0.507 e. The summed E-state index contributed by atoms with van der Waals surface area (Å²) in [5.74, 6) is -10.2. The number of aliphatic hydroxyl groups is 9. The lowest BCUT2D eigenvalue weighted by atomic mass is 9.67. The summed E-state index contributed by atoms with van der Waals surface area (Å²) >= 11 is 0. The van der Waals surface area contributed by atoms with E-state index >= 15 is 4.79 Å². The molecule has 4 bridgehead atoms. The maximum atomic E-state index is 16.0. The van der Waals surface area contributed by atoms with E-state index in [1.54, 1.807) is 12.3 Å². The number of carbonyl (C=O) groups excluding carboxylic acids is 2. The van der Waals surface area contributed by atoms with Gasteiger partial charge in [-0.2, -0.15) is 0 Å². The average Bonchev–Trinajstić information content (AvgIpc) is 3.97. The molecule has 2 spiro atoms. The van der Waals surface area contributed by atoms with Crippen LogP contribution in [-0.4, -0.2) is 174 Å². The number of carboxylic acids is 1. The monoisotopic (exact) mass is 1140 g/mol. The number of benzene rings is 2. The summed E-state index contributed by atoms with van der Waals surface area (Å²) in [6.45, 7) is 1.27. The smallest absolute Gasteiger partial charge is 0.354 e. The topological polar surface area (TPSA) is 421 Å². The first kappa shape index (κ1) is 56.3. The molecule has 25 nitrogen and oxygen atoms in total. The number of aliphatic carboxylic acids is 1. The van der Waals surface area contributed by atoms with Crippen LogP contribution < -0.4 is 20.8 Å². The van der Waals surface area contributed by atoms with Crippen molar-refractivity contribution in [1.82, 2.24) is 15.6 Å². The number of aldehydes is 1. The summed E-state index contributed by atoms with van der Waals surface area (Å²) in [5.41, 5.74) is -10.2. The molecule has 1 aliphatic carbocycles. The molecule has 3 fully saturated rings. The van der Waals surface area contributed by atoms with Crippen LogP contribution in [0.3, 0.4) is 0 Å². The van der Waals surface area contributed by atoms with Gasteiger partial charge in [-0.3, -0.25) is 10.1 Å². The third kappa shape index (κ3) is 8.26. The number of H-pyrrole nitrogens is 1. The number of ether oxygens (including phenoxy) is 4. The van der Waals surface area contributed by atoms with Gasteiger partial charge in [-0.1, -0.05) is 36.8 Å². The molecule has 4 aromatic rings. The molecule has 2 aromatic carbocycles. The Bertz CT molecular complexity index is 3640. The number of fused-ring (bicyclic) bond motifs is 7. The van der Waals surface area contributed by atoms with E-state index in [0.29, 0.717) is 24.1 Å². The van der Waals surface area contributed by atoms with Gasteiger partial charge in [0.05, 0.1) is 12.6 Å². The molecule has 25 heteroatoms. The van der Waals surface area contributed by atoms with Gasteiger partial charge in [0, 0.05) is 103 Å². The summed E-state index contributed by atoms with van der Waals surface area (Å²) in [4.78, 5) is 58.9. The van der Waals surface area contributed by atoms with Crippen LogP contribution in [0.4, 0.5) is 0 Å². The quantitative estimate of drug-likeness (QED) is 0.0217. The van der Waals surface area contributed by atoms with Crippen molar-refractivity contribution in [3.63, 3.8) is 0 Å². The summed E-state index contributed by atoms with van der Waals surface area (Å²) < 4.78 is 32.0. The lowest BCUT2D eigenvalue weighted by Gasteiger charge is -2.58. The number of hydrogen-bond acceptors (Lipinski definition) is 23. The number of dihydropyridines is 1. The Morgan fingerprint density at radius 3 is 2.45 bits per heavy atom. The van der Waals surface area contributed by atoms with Gasteiger partial charge in [-0.25, -0.2) is 9.59 Å². The number of aromatic hydroxyl groups is 3. The van der Waals surface area contributed by atoms with Crippen LogP contribution in [-0.2, 0) is 41.4 Å². The van der Waals surface area contributed by atoms with E-state index in [9.17, 15) is 80.8 Å². The van der Waals surface area contributed by atoms with Gasteiger partial charge in [-0.05, 0) is 66.5 Å². The maximum Gasteiger partial charge on any atom is 0.354 e. The van der Waals surface area contributed by atoms with Crippen LogP contribution in [0.5, 0.6) is 23.0 Å². The second kappa shape index (κ2) is 20.1. The second-order valence-electron chi connectivity index (χ2n) is 21.7. The minimum atomic E-state index is -4.07. The van der Waals surface area contributed by atoms with Crippen molar-refractivity contribution in [1.29, 1.82) is 0 Å². The van der Waals surface area contributed by atoms with Crippen LogP contribution >= 0.6 is 0 Å². The molecule has 82 heavy (non-hydrogen) atoms. The Morgan fingerprint density at radius 1 is 0.939 bits per heavy atom. The number of aromatic nitrogens is 1. The third-order valence-corrected chi connectivity index (χ3v) is 16.9. The van der Waals surface area contributed by atoms with Crippen molar-refractivity contribution in [2.75, 3.05) is 19.8 Å². The molecular weight excluding hydrogens is 1080 g/mol. The lowest BCUT2D eigenvalue weighted by Crippen LogP contribution is -2.81. The van der Waals surface area contributed by atoms with Crippen LogP contribution in [0.1, 0.15) is 67.3 Å². The molecule has 0 amide bonds. The molecule has 12 rings (SSSR count). The highest BCUT2D eigenvalue weighted by Gasteiger charge is 2.78. The van der Waals surface area contributed by atoms with E-state index < -0.39 is 167 Å². The molecule has 0 saturated carbocycles. The van der Waals surface area contributed by atoms with Crippen LogP contribution in [0.2, 0.25) is 0 Å². The van der Waals surface area contributed by atoms with Crippen molar-refractivity contribution in [3.8, 4) is 58.0 Å². The van der Waals surface area contributed by atoms with E-state index in [1.165, 1.54) is 18.3 Å². The number of hydrogen-bond donors (Lipinski definition) is 16. The zero-order valence-electron chi connectivity index (χ0n) is 43.5. The zero-order chi connectivity index (χ0) is 58.6. The Kier molecular flexibility index (Phi) is 13.8. The summed E-state index contributed by atoms with van der Waals surface area (Å²) in [6, 6.07) is 6.13. The predicted molar refractivity (Wildman–Crippen MR) is 277 cm³/mol. The first-order valence-electron chi connectivity index (χ1n) is 26.2.